The summed E-state index contributed by atoms with van der Waals surface area (Å²) in [6.45, 7) is 8.48. The van der Waals surface area contributed by atoms with Crippen molar-refractivity contribution in [3.8, 4) is 0 Å². The molecular formula is C14H29NO. The third-order valence-electron chi connectivity index (χ3n) is 3.92. The van der Waals surface area contributed by atoms with Crippen molar-refractivity contribution >= 4 is 0 Å². The molecule has 1 aliphatic carbocycles. The molecule has 96 valence electrons. The van der Waals surface area contributed by atoms with Crippen molar-refractivity contribution in [1.29, 1.82) is 0 Å². The van der Waals surface area contributed by atoms with Gasteiger partial charge in [-0.25, -0.2) is 0 Å². The molecule has 1 aliphatic rings. The molecule has 0 bridgehead atoms. The lowest BCUT2D eigenvalue weighted by Crippen LogP contribution is -2.36. The normalized spacial score (nSPS) is 28.3. The second kappa shape index (κ2) is 7.29. The summed E-state index contributed by atoms with van der Waals surface area (Å²) in [5.74, 6) is 2.14. The Labute approximate surface area is 101 Å². The molecule has 1 unspecified atom stereocenters. The topological polar surface area (TPSA) is 32.3 Å². The van der Waals surface area contributed by atoms with E-state index in [-0.39, 0.29) is 6.10 Å². The second-order valence-corrected chi connectivity index (χ2v) is 5.81. The Morgan fingerprint density at radius 3 is 2.25 bits per heavy atom. The zero-order valence-electron chi connectivity index (χ0n) is 11.2. The average Bonchev–Trinajstić information content (AvgIpc) is 2.28. The molecule has 0 radical (unpaired) electrons. The van der Waals surface area contributed by atoms with Crippen molar-refractivity contribution < 1.29 is 5.11 Å². The zero-order valence-corrected chi connectivity index (χ0v) is 11.2. The Morgan fingerprint density at radius 2 is 1.75 bits per heavy atom. The molecule has 0 amide bonds. The highest BCUT2D eigenvalue weighted by Gasteiger charge is 2.25. The van der Waals surface area contributed by atoms with Crippen LogP contribution in [0.4, 0.5) is 0 Å². The summed E-state index contributed by atoms with van der Waals surface area (Å²) in [6, 6.07) is 0. The summed E-state index contributed by atoms with van der Waals surface area (Å²) >= 11 is 0. The van der Waals surface area contributed by atoms with E-state index in [1.165, 1.54) is 32.1 Å². The number of nitrogens with one attached hydrogen (secondary N) is 1. The quantitative estimate of drug-likeness (QED) is 0.731. The lowest BCUT2D eigenvalue weighted by molar-refractivity contribution is 0.0724. The lowest BCUT2D eigenvalue weighted by atomic mass is 9.78. The summed E-state index contributed by atoms with van der Waals surface area (Å²) < 4.78 is 0. The molecule has 1 rings (SSSR count). The van der Waals surface area contributed by atoms with Crippen molar-refractivity contribution in [2.75, 3.05) is 13.1 Å². The van der Waals surface area contributed by atoms with Gasteiger partial charge in [0.25, 0.3) is 0 Å². The summed E-state index contributed by atoms with van der Waals surface area (Å²) in [5, 5.41) is 13.4. The first-order valence-electron chi connectivity index (χ1n) is 7.02. The van der Waals surface area contributed by atoms with Crippen LogP contribution in [0.5, 0.6) is 0 Å². The molecule has 1 atom stereocenters. The SMILES string of the molecule is CCC1CCC(C(O)CNCC(C)C)CC1. The minimum absolute atomic E-state index is 0.128. The van der Waals surface area contributed by atoms with Gasteiger partial charge < -0.3 is 10.4 Å². The van der Waals surface area contributed by atoms with Crippen LogP contribution in [0.1, 0.15) is 52.9 Å². The first kappa shape index (κ1) is 14.0. The van der Waals surface area contributed by atoms with Crippen molar-refractivity contribution in [2.24, 2.45) is 17.8 Å². The number of hydrogen-bond acceptors (Lipinski definition) is 2. The Balaban J connectivity index is 2.15. The third kappa shape index (κ3) is 4.84. The van der Waals surface area contributed by atoms with Crippen molar-refractivity contribution in [3.63, 3.8) is 0 Å². The zero-order chi connectivity index (χ0) is 12.0. The van der Waals surface area contributed by atoms with Crippen LogP contribution in [0, 0.1) is 17.8 Å². The fourth-order valence-electron chi connectivity index (χ4n) is 2.67. The molecular weight excluding hydrogens is 198 g/mol. The van der Waals surface area contributed by atoms with E-state index in [0.717, 1.165) is 19.0 Å². The van der Waals surface area contributed by atoms with Gasteiger partial charge in [0.1, 0.15) is 0 Å². The van der Waals surface area contributed by atoms with E-state index >= 15 is 0 Å². The molecule has 1 saturated carbocycles. The molecule has 2 heteroatoms. The van der Waals surface area contributed by atoms with Gasteiger partial charge in [0.15, 0.2) is 0 Å². The fraction of sp³-hybridized carbons (Fsp3) is 1.00. The van der Waals surface area contributed by atoms with Crippen LogP contribution in [-0.4, -0.2) is 24.3 Å². The summed E-state index contributed by atoms with van der Waals surface area (Å²) in [7, 11) is 0. The summed E-state index contributed by atoms with van der Waals surface area (Å²) in [4.78, 5) is 0. The maximum Gasteiger partial charge on any atom is 0.0692 e. The predicted octanol–water partition coefficient (Wildman–Crippen LogP) is 2.81. The lowest BCUT2D eigenvalue weighted by Gasteiger charge is -2.31. The molecule has 0 aromatic heterocycles. The van der Waals surface area contributed by atoms with Crippen molar-refractivity contribution in [2.45, 2.75) is 59.0 Å². The minimum atomic E-state index is -0.128. The van der Waals surface area contributed by atoms with Gasteiger partial charge in [-0.3, -0.25) is 0 Å². The second-order valence-electron chi connectivity index (χ2n) is 5.81. The summed E-state index contributed by atoms with van der Waals surface area (Å²) in [5.41, 5.74) is 0. The number of hydrogen-bond donors (Lipinski definition) is 2. The van der Waals surface area contributed by atoms with E-state index in [1.54, 1.807) is 0 Å². The molecule has 2 N–H and O–H groups in total. The van der Waals surface area contributed by atoms with Crippen LogP contribution in [0.3, 0.4) is 0 Å². The van der Waals surface area contributed by atoms with E-state index in [4.69, 9.17) is 0 Å². The molecule has 1 fully saturated rings. The van der Waals surface area contributed by atoms with E-state index < -0.39 is 0 Å². The maximum absolute atomic E-state index is 10.1. The average molecular weight is 227 g/mol. The van der Waals surface area contributed by atoms with E-state index in [1.807, 2.05) is 0 Å². The fourth-order valence-corrected chi connectivity index (χ4v) is 2.67. The standard InChI is InChI=1S/C14H29NO/c1-4-12-5-7-13(8-6-12)14(16)10-15-9-11(2)3/h11-16H,4-10H2,1-3H3. The Morgan fingerprint density at radius 1 is 1.12 bits per heavy atom. The van der Waals surface area contributed by atoms with Crippen LogP contribution in [0.25, 0.3) is 0 Å². The summed E-state index contributed by atoms with van der Waals surface area (Å²) in [6.07, 6.45) is 6.28. The third-order valence-corrected chi connectivity index (χ3v) is 3.92. The van der Waals surface area contributed by atoms with Crippen LogP contribution < -0.4 is 5.32 Å². The molecule has 16 heavy (non-hydrogen) atoms. The predicted molar refractivity (Wildman–Crippen MR) is 69.5 cm³/mol. The van der Waals surface area contributed by atoms with Crippen LogP contribution >= 0.6 is 0 Å². The monoisotopic (exact) mass is 227 g/mol. The number of rotatable bonds is 6. The van der Waals surface area contributed by atoms with Crippen LogP contribution in [0.15, 0.2) is 0 Å². The van der Waals surface area contributed by atoms with E-state index in [2.05, 4.69) is 26.1 Å². The van der Waals surface area contributed by atoms with Gasteiger partial charge in [0, 0.05) is 6.54 Å². The van der Waals surface area contributed by atoms with Crippen molar-refractivity contribution in [1.82, 2.24) is 5.32 Å². The van der Waals surface area contributed by atoms with Gasteiger partial charge in [-0.1, -0.05) is 40.0 Å². The molecule has 0 heterocycles. The highest BCUT2D eigenvalue weighted by atomic mass is 16.3. The van der Waals surface area contributed by atoms with Crippen LogP contribution in [0.2, 0.25) is 0 Å². The number of aliphatic hydroxyl groups is 1. The highest BCUT2D eigenvalue weighted by Crippen LogP contribution is 2.32. The molecule has 0 saturated heterocycles. The molecule has 2 nitrogen and oxygen atoms in total. The highest BCUT2D eigenvalue weighted by molar-refractivity contribution is 4.78. The molecule has 0 aromatic carbocycles. The van der Waals surface area contributed by atoms with Gasteiger partial charge in [-0.05, 0) is 37.1 Å². The molecule has 0 aliphatic heterocycles. The smallest absolute Gasteiger partial charge is 0.0692 e. The minimum Gasteiger partial charge on any atom is -0.392 e. The molecule has 0 aromatic rings. The largest absolute Gasteiger partial charge is 0.392 e. The van der Waals surface area contributed by atoms with Gasteiger partial charge in [-0.2, -0.15) is 0 Å². The molecule has 0 spiro atoms. The Kier molecular flexibility index (Phi) is 6.37. The van der Waals surface area contributed by atoms with E-state index in [0.29, 0.717) is 11.8 Å². The van der Waals surface area contributed by atoms with Gasteiger partial charge >= 0.3 is 0 Å². The number of aliphatic hydroxyl groups excluding tert-OH is 1. The Hall–Kier alpha value is -0.0800. The van der Waals surface area contributed by atoms with E-state index in [9.17, 15) is 5.11 Å². The first-order chi connectivity index (χ1) is 7.63. The van der Waals surface area contributed by atoms with Gasteiger partial charge in [0.05, 0.1) is 6.10 Å². The van der Waals surface area contributed by atoms with Crippen molar-refractivity contribution in [3.05, 3.63) is 0 Å². The Bertz CT molecular complexity index is 174. The van der Waals surface area contributed by atoms with Crippen LogP contribution in [-0.2, 0) is 0 Å². The first-order valence-corrected chi connectivity index (χ1v) is 7.02. The van der Waals surface area contributed by atoms with Gasteiger partial charge in [0.2, 0.25) is 0 Å². The maximum atomic E-state index is 10.1. The van der Waals surface area contributed by atoms with Gasteiger partial charge in [-0.15, -0.1) is 0 Å².